The van der Waals surface area contributed by atoms with Crippen molar-refractivity contribution in [2.45, 2.75) is 13.0 Å². The minimum Gasteiger partial charge on any atom is -0.381 e. The normalized spacial score (nSPS) is 11.6. The molecule has 0 radical (unpaired) electrons. The Kier molecular flexibility index (Phi) is 6.15. The molecule has 0 aliphatic carbocycles. The monoisotopic (exact) mass is 509 g/mol. The largest absolute Gasteiger partial charge is 0.381 e. The molecule has 4 aromatic heterocycles. The lowest BCUT2D eigenvalue weighted by molar-refractivity contribution is 0.0942. The molecule has 0 aliphatic heterocycles. The van der Waals surface area contributed by atoms with Crippen molar-refractivity contribution in [2.24, 2.45) is 0 Å². The summed E-state index contributed by atoms with van der Waals surface area (Å²) >= 11 is 0. The van der Waals surface area contributed by atoms with Crippen molar-refractivity contribution in [3.05, 3.63) is 120 Å². The molecule has 3 N–H and O–H groups in total. The van der Waals surface area contributed by atoms with E-state index < -0.39 is 6.04 Å². The van der Waals surface area contributed by atoms with Crippen LogP contribution in [0.3, 0.4) is 0 Å². The van der Waals surface area contributed by atoms with Crippen molar-refractivity contribution >= 4 is 28.3 Å². The van der Waals surface area contributed by atoms with Gasteiger partial charge in [-0.15, -0.1) is 5.10 Å². The fourth-order valence-electron chi connectivity index (χ4n) is 4.52. The molecule has 8 nitrogen and oxygen atoms in total. The highest BCUT2D eigenvalue weighted by atomic mass is 16.1. The van der Waals surface area contributed by atoms with E-state index in [-0.39, 0.29) is 17.3 Å². The average molecular weight is 510 g/mol. The second-order valence-corrected chi connectivity index (χ2v) is 9.00. The molecule has 0 spiro atoms. The fourth-order valence-corrected chi connectivity index (χ4v) is 4.52. The highest BCUT2D eigenvalue weighted by molar-refractivity contribution is 6.04. The Labute approximate surface area is 224 Å². The van der Waals surface area contributed by atoms with Crippen molar-refractivity contribution in [3.8, 4) is 23.1 Å². The van der Waals surface area contributed by atoms with Crippen molar-refractivity contribution < 1.29 is 4.79 Å². The maximum atomic E-state index is 13.4. The van der Waals surface area contributed by atoms with Gasteiger partial charge >= 0.3 is 0 Å². The summed E-state index contributed by atoms with van der Waals surface area (Å²) in [6.07, 6.45) is 6.75. The molecule has 188 valence electrons. The first-order valence-electron chi connectivity index (χ1n) is 12.4. The molecule has 2 aromatic carbocycles. The van der Waals surface area contributed by atoms with Gasteiger partial charge in [0.1, 0.15) is 5.56 Å². The third-order valence-corrected chi connectivity index (χ3v) is 6.41. The first-order valence-corrected chi connectivity index (χ1v) is 12.4. The number of nitrogens with two attached hydrogens (primary N) is 1. The van der Waals surface area contributed by atoms with Crippen molar-refractivity contribution in [1.82, 2.24) is 29.9 Å². The van der Waals surface area contributed by atoms with Gasteiger partial charge in [-0.25, -0.2) is 14.5 Å². The lowest BCUT2D eigenvalue weighted by atomic mass is 9.97. The fraction of sp³-hybridized carbons (Fsp3) is 0.0645. The quantitative estimate of drug-likeness (QED) is 0.330. The van der Waals surface area contributed by atoms with Gasteiger partial charge in [0.2, 0.25) is 0 Å². The van der Waals surface area contributed by atoms with E-state index in [1.54, 1.807) is 30.9 Å². The van der Waals surface area contributed by atoms with Crippen LogP contribution in [0.2, 0.25) is 0 Å². The number of amides is 1. The van der Waals surface area contributed by atoms with Gasteiger partial charge in [-0.1, -0.05) is 54.3 Å². The molecule has 0 fully saturated rings. The molecule has 8 heteroatoms. The number of fused-ring (bicyclic) bond motifs is 2. The molecule has 6 aromatic rings. The van der Waals surface area contributed by atoms with Crippen LogP contribution in [-0.4, -0.2) is 30.5 Å². The Hall–Kier alpha value is -5.55. The highest BCUT2D eigenvalue weighted by Crippen LogP contribution is 2.31. The van der Waals surface area contributed by atoms with Gasteiger partial charge < -0.3 is 11.1 Å². The number of carbonyl (C=O) groups excluding carboxylic acids is 1. The van der Waals surface area contributed by atoms with Crippen LogP contribution in [0, 0.1) is 11.8 Å². The lowest BCUT2D eigenvalue weighted by Gasteiger charge is -2.19. The highest BCUT2D eigenvalue weighted by Gasteiger charge is 2.23. The second kappa shape index (κ2) is 10.1. The summed E-state index contributed by atoms with van der Waals surface area (Å²) in [4.78, 5) is 26.8. The van der Waals surface area contributed by atoms with Gasteiger partial charge in [0.25, 0.3) is 5.91 Å². The number of anilines is 1. The van der Waals surface area contributed by atoms with Crippen LogP contribution in [0.25, 0.3) is 27.8 Å². The summed E-state index contributed by atoms with van der Waals surface area (Å²) in [6, 6.07) is 23.0. The van der Waals surface area contributed by atoms with E-state index in [9.17, 15) is 4.79 Å². The molecule has 1 amide bonds. The zero-order chi connectivity index (χ0) is 26.8. The summed E-state index contributed by atoms with van der Waals surface area (Å²) in [7, 11) is 0. The molecule has 39 heavy (non-hydrogen) atoms. The average Bonchev–Trinajstić information content (AvgIpc) is 3.32. The van der Waals surface area contributed by atoms with E-state index in [0.29, 0.717) is 5.65 Å². The number of nitrogen functional groups attached to an aromatic ring is 1. The standard InChI is InChI=1S/C31H23N7O/c1-20(35-31(39)26-29(32)37-38-18-6-15-34-30(26)38)25-19-24-10-5-9-23(12-11-21-13-16-33-17-14-21)27(24)36-28(25)22-7-3-2-4-8-22/h2-10,13-20H,1H3,(H2,32,37)(H,35,39)/t20-/m0/s1. The summed E-state index contributed by atoms with van der Waals surface area (Å²) in [5.41, 5.74) is 11.8. The maximum absolute atomic E-state index is 13.4. The number of carbonyl (C=O) groups is 1. The third kappa shape index (κ3) is 4.65. The number of para-hydroxylation sites is 1. The number of hydrogen-bond donors (Lipinski definition) is 2. The van der Waals surface area contributed by atoms with Crippen molar-refractivity contribution in [1.29, 1.82) is 0 Å². The van der Waals surface area contributed by atoms with E-state index in [4.69, 9.17) is 10.7 Å². The number of hydrogen-bond acceptors (Lipinski definition) is 6. The first-order chi connectivity index (χ1) is 19.1. The number of pyridine rings is 2. The van der Waals surface area contributed by atoms with Gasteiger partial charge in [0.05, 0.1) is 22.8 Å². The molecule has 1 atom stereocenters. The molecule has 6 rings (SSSR count). The van der Waals surface area contributed by atoms with E-state index >= 15 is 0 Å². The van der Waals surface area contributed by atoms with Crippen LogP contribution in [0.5, 0.6) is 0 Å². The van der Waals surface area contributed by atoms with Crippen LogP contribution in [0.15, 0.2) is 97.6 Å². The van der Waals surface area contributed by atoms with Gasteiger partial charge in [-0.3, -0.25) is 9.78 Å². The molecule has 4 heterocycles. The van der Waals surface area contributed by atoms with E-state index in [1.165, 1.54) is 4.52 Å². The predicted octanol–water partition coefficient (Wildman–Crippen LogP) is 4.81. The molecule has 0 bridgehead atoms. The lowest BCUT2D eigenvalue weighted by Crippen LogP contribution is -2.28. The third-order valence-electron chi connectivity index (χ3n) is 6.41. The summed E-state index contributed by atoms with van der Waals surface area (Å²) < 4.78 is 1.50. The minimum atomic E-state index is -0.394. The summed E-state index contributed by atoms with van der Waals surface area (Å²) in [6.45, 7) is 1.93. The molecule has 0 aliphatic rings. The van der Waals surface area contributed by atoms with Gasteiger partial charge in [-0.2, -0.15) is 0 Å². The molecular weight excluding hydrogens is 486 g/mol. The Morgan fingerprint density at radius 3 is 2.62 bits per heavy atom. The van der Waals surface area contributed by atoms with Crippen LogP contribution in [0.1, 0.15) is 40.0 Å². The number of aromatic nitrogens is 5. The maximum Gasteiger partial charge on any atom is 0.259 e. The van der Waals surface area contributed by atoms with Crippen LogP contribution in [0.4, 0.5) is 5.82 Å². The molecule has 0 unspecified atom stereocenters. The van der Waals surface area contributed by atoms with Gasteiger partial charge in [0, 0.05) is 46.9 Å². The van der Waals surface area contributed by atoms with Crippen LogP contribution < -0.4 is 11.1 Å². The Morgan fingerprint density at radius 1 is 0.974 bits per heavy atom. The van der Waals surface area contributed by atoms with E-state index in [1.807, 2.05) is 67.6 Å². The van der Waals surface area contributed by atoms with E-state index in [2.05, 4.69) is 38.3 Å². The summed E-state index contributed by atoms with van der Waals surface area (Å²) in [5.74, 6) is 6.23. The predicted molar refractivity (Wildman–Crippen MR) is 151 cm³/mol. The van der Waals surface area contributed by atoms with Gasteiger partial charge in [-0.05, 0) is 37.3 Å². The molecule has 0 saturated carbocycles. The Bertz CT molecular complexity index is 1890. The summed E-state index contributed by atoms with van der Waals surface area (Å²) in [5, 5.41) is 8.21. The smallest absolute Gasteiger partial charge is 0.259 e. The minimum absolute atomic E-state index is 0.121. The number of nitrogens with zero attached hydrogens (tertiary/aromatic N) is 5. The SMILES string of the molecule is C[C@H](NC(=O)c1c(N)nn2cccnc12)c1cc2cccc(C#Cc3ccncc3)c2nc1-c1ccccc1. The Balaban J connectivity index is 1.43. The number of nitrogens with one attached hydrogen (secondary N) is 1. The second-order valence-electron chi connectivity index (χ2n) is 9.00. The molecule has 0 saturated heterocycles. The number of benzene rings is 2. The Morgan fingerprint density at radius 2 is 1.79 bits per heavy atom. The first kappa shape index (κ1) is 23.8. The van der Waals surface area contributed by atoms with E-state index in [0.717, 1.165) is 38.9 Å². The molecular formula is C31H23N7O. The van der Waals surface area contributed by atoms with Crippen molar-refractivity contribution in [2.75, 3.05) is 5.73 Å². The number of rotatable bonds is 4. The van der Waals surface area contributed by atoms with Gasteiger partial charge in [0.15, 0.2) is 11.5 Å². The van der Waals surface area contributed by atoms with Crippen molar-refractivity contribution in [3.63, 3.8) is 0 Å². The van der Waals surface area contributed by atoms with Crippen LogP contribution in [-0.2, 0) is 0 Å². The zero-order valence-electron chi connectivity index (χ0n) is 21.0. The topological polar surface area (TPSA) is 111 Å². The van der Waals surface area contributed by atoms with Crippen LogP contribution >= 0.6 is 0 Å². The zero-order valence-corrected chi connectivity index (χ0v) is 21.0.